The van der Waals surface area contributed by atoms with Crippen molar-refractivity contribution in [1.82, 2.24) is 0 Å². The summed E-state index contributed by atoms with van der Waals surface area (Å²) in [5.74, 6) is 0.772. The summed E-state index contributed by atoms with van der Waals surface area (Å²) in [5, 5.41) is 4.08. The molecule has 70 valence electrons. The predicted molar refractivity (Wildman–Crippen MR) is 57.1 cm³/mol. The minimum Gasteiger partial charge on any atom is -0.399 e. The maximum atomic E-state index is 6.01. The molecule has 0 radical (unpaired) electrons. The van der Waals surface area contributed by atoms with Gasteiger partial charge in [-0.05, 0) is 30.5 Å². The molecule has 0 bridgehead atoms. The van der Waals surface area contributed by atoms with E-state index >= 15 is 0 Å². The van der Waals surface area contributed by atoms with Crippen LogP contribution in [0.3, 0.4) is 0 Å². The molecular formula is C10H13ClN2. The summed E-state index contributed by atoms with van der Waals surface area (Å²) >= 11 is 6.01. The van der Waals surface area contributed by atoms with Crippen LogP contribution in [0.2, 0.25) is 5.02 Å². The van der Waals surface area contributed by atoms with E-state index in [0.29, 0.717) is 16.8 Å². The zero-order valence-corrected chi connectivity index (χ0v) is 8.31. The SMILES string of the molecule is CC1CC1Nc1ccc(N)cc1Cl. The van der Waals surface area contributed by atoms with Crippen molar-refractivity contribution in [2.24, 2.45) is 5.92 Å². The lowest BCUT2D eigenvalue weighted by Crippen LogP contribution is -2.03. The zero-order valence-electron chi connectivity index (χ0n) is 7.55. The smallest absolute Gasteiger partial charge is 0.0658 e. The summed E-state index contributed by atoms with van der Waals surface area (Å²) in [6, 6.07) is 6.17. The molecule has 3 heteroatoms. The van der Waals surface area contributed by atoms with E-state index < -0.39 is 0 Å². The van der Waals surface area contributed by atoms with Crippen molar-refractivity contribution in [2.45, 2.75) is 19.4 Å². The summed E-state index contributed by atoms with van der Waals surface area (Å²) < 4.78 is 0. The fourth-order valence-corrected chi connectivity index (χ4v) is 1.61. The molecule has 1 saturated carbocycles. The number of hydrogen-bond acceptors (Lipinski definition) is 2. The van der Waals surface area contributed by atoms with E-state index in [1.54, 1.807) is 6.07 Å². The van der Waals surface area contributed by atoms with Gasteiger partial charge < -0.3 is 11.1 Å². The molecule has 3 N–H and O–H groups in total. The van der Waals surface area contributed by atoms with Crippen LogP contribution in [-0.4, -0.2) is 6.04 Å². The molecule has 1 aromatic rings. The number of benzene rings is 1. The Morgan fingerprint density at radius 2 is 2.23 bits per heavy atom. The summed E-state index contributed by atoms with van der Waals surface area (Å²) in [5.41, 5.74) is 7.29. The topological polar surface area (TPSA) is 38.0 Å². The molecule has 1 aliphatic carbocycles. The van der Waals surface area contributed by atoms with Crippen LogP contribution in [-0.2, 0) is 0 Å². The molecular weight excluding hydrogens is 184 g/mol. The van der Waals surface area contributed by atoms with Crippen molar-refractivity contribution >= 4 is 23.0 Å². The summed E-state index contributed by atoms with van der Waals surface area (Å²) in [6.45, 7) is 2.23. The molecule has 1 aromatic carbocycles. The van der Waals surface area contributed by atoms with Crippen molar-refractivity contribution < 1.29 is 0 Å². The van der Waals surface area contributed by atoms with Crippen molar-refractivity contribution in [2.75, 3.05) is 11.1 Å². The van der Waals surface area contributed by atoms with Gasteiger partial charge in [-0.1, -0.05) is 18.5 Å². The molecule has 0 heterocycles. The number of nitrogens with one attached hydrogen (secondary N) is 1. The first-order valence-electron chi connectivity index (χ1n) is 4.48. The summed E-state index contributed by atoms with van der Waals surface area (Å²) in [6.07, 6.45) is 1.24. The van der Waals surface area contributed by atoms with Crippen LogP contribution in [0.25, 0.3) is 0 Å². The number of nitrogen functional groups attached to an aromatic ring is 1. The van der Waals surface area contributed by atoms with Gasteiger partial charge in [0.05, 0.1) is 10.7 Å². The number of rotatable bonds is 2. The van der Waals surface area contributed by atoms with E-state index in [1.807, 2.05) is 12.1 Å². The van der Waals surface area contributed by atoms with Crippen molar-refractivity contribution in [3.05, 3.63) is 23.2 Å². The van der Waals surface area contributed by atoms with Gasteiger partial charge in [-0.2, -0.15) is 0 Å². The first kappa shape index (κ1) is 8.70. The Kier molecular flexibility index (Phi) is 2.08. The molecule has 0 amide bonds. The van der Waals surface area contributed by atoms with Crippen LogP contribution in [0.15, 0.2) is 18.2 Å². The third-order valence-corrected chi connectivity index (χ3v) is 2.76. The second-order valence-corrected chi connectivity index (χ2v) is 4.11. The Hall–Kier alpha value is -0.890. The van der Waals surface area contributed by atoms with Gasteiger partial charge in [0, 0.05) is 11.7 Å². The van der Waals surface area contributed by atoms with Crippen molar-refractivity contribution in [3.63, 3.8) is 0 Å². The lowest BCUT2D eigenvalue weighted by atomic mass is 10.3. The second kappa shape index (κ2) is 3.11. The van der Waals surface area contributed by atoms with Gasteiger partial charge in [0.1, 0.15) is 0 Å². The summed E-state index contributed by atoms with van der Waals surface area (Å²) in [7, 11) is 0. The quantitative estimate of drug-likeness (QED) is 0.714. The zero-order chi connectivity index (χ0) is 9.42. The average molecular weight is 197 g/mol. The van der Waals surface area contributed by atoms with Gasteiger partial charge in [-0.15, -0.1) is 0 Å². The van der Waals surface area contributed by atoms with E-state index in [9.17, 15) is 0 Å². The lowest BCUT2D eigenvalue weighted by molar-refractivity contribution is 0.929. The molecule has 2 atom stereocenters. The first-order chi connectivity index (χ1) is 6.16. The normalized spacial score (nSPS) is 25.7. The van der Waals surface area contributed by atoms with Gasteiger partial charge in [0.25, 0.3) is 0 Å². The minimum atomic E-state index is 0.598. The number of hydrogen-bond donors (Lipinski definition) is 2. The van der Waals surface area contributed by atoms with Crippen molar-refractivity contribution in [3.8, 4) is 0 Å². The standard InChI is InChI=1S/C10H13ClN2/c1-6-4-10(6)13-9-3-2-7(12)5-8(9)11/h2-3,5-6,10,13H,4,12H2,1H3. The van der Waals surface area contributed by atoms with Gasteiger partial charge >= 0.3 is 0 Å². The highest BCUT2D eigenvalue weighted by Crippen LogP contribution is 2.35. The number of anilines is 2. The van der Waals surface area contributed by atoms with E-state index in [-0.39, 0.29) is 0 Å². The fraction of sp³-hybridized carbons (Fsp3) is 0.400. The van der Waals surface area contributed by atoms with Crippen LogP contribution in [0.4, 0.5) is 11.4 Å². The maximum Gasteiger partial charge on any atom is 0.0658 e. The van der Waals surface area contributed by atoms with E-state index in [0.717, 1.165) is 11.6 Å². The van der Waals surface area contributed by atoms with Gasteiger partial charge in [0.15, 0.2) is 0 Å². The second-order valence-electron chi connectivity index (χ2n) is 3.70. The lowest BCUT2D eigenvalue weighted by Gasteiger charge is -2.07. The molecule has 2 rings (SSSR count). The molecule has 0 aliphatic heterocycles. The summed E-state index contributed by atoms with van der Waals surface area (Å²) in [4.78, 5) is 0. The third kappa shape index (κ3) is 1.89. The van der Waals surface area contributed by atoms with Crippen LogP contribution < -0.4 is 11.1 Å². The van der Waals surface area contributed by atoms with E-state index in [4.69, 9.17) is 17.3 Å². The largest absolute Gasteiger partial charge is 0.399 e. The Bertz CT molecular complexity index is 325. The predicted octanol–water partition coefficient (Wildman–Crippen LogP) is 2.74. The minimum absolute atomic E-state index is 0.598. The van der Waals surface area contributed by atoms with Gasteiger partial charge in [-0.25, -0.2) is 0 Å². The van der Waals surface area contributed by atoms with Crippen LogP contribution in [0.5, 0.6) is 0 Å². The van der Waals surface area contributed by atoms with E-state index in [2.05, 4.69) is 12.2 Å². The monoisotopic (exact) mass is 196 g/mol. The van der Waals surface area contributed by atoms with Gasteiger partial charge in [-0.3, -0.25) is 0 Å². The maximum absolute atomic E-state index is 6.01. The molecule has 2 nitrogen and oxygen atoms in total. The molecule has 0 saturated heterocycles. The molecule has 0 spiro atoms. The van der Waals surface area contributed by atoms with Crippen molar-refractivity contribution in [1.29, 1.82) is 0 Å². The third-order valence-electron chi connectivity index (χ3n) is 2.44. The number of halogens is 1. The first-order valence-corrected chi connectivity index (χ1v) is 4.86. The number of nitrogens with two attached hydrogens (primary N) is 1. The highest BCUT2D eigenvalue weighted by atomic mass is 35.5. The Balaban J connectivity index is 2.11. The van der Waals surface area contributed by atoms with E-state index in [1.165, 1.54) is 6.42 Å². The van der Waals surface area contributed by atoms with Crippen LogP contribution >= 0.6 is 11.6 Å². The average Bonchev–Trinajstić information content (AvgIpc) is 2.73. The van der Waals surface area contributed by atoms with Crippen LogP contribution in [0, 0.1) is 5.92 Å². The molecule has 1 aliphatic rings. The van der Waals surface area contributed by atoms with Gasteiger partial charge in [0.2, 0.25) is 0 Å². The molecule has 0 aromatic heterocycles. The molecule has 1 fully saturated rings. The molecule has 13 heavy (non-hydrogen) atoms. The Morgan fingerprint density at radius 1 is 1.54 bits per heavy atom. The molecule has 2 unspecified atom stereocenters. The Labute approximate surface area is 83.1 Å². The highest BCUT2D eigenvalue weighted by molar-refractivity contribution is 6.33. The highest BCUT2D eigenvalue weighted by Gasteiger charge is 2.32. The Morgan fingerprint density at radius 3 is 2.77 bits per heavy atom. The van der Waals surface area contributed by atoms with Crippen LogP contribution in [0.1, 0.15) is 13.3 Å². The fourth-order valence-electron chi connectivity index (χ4n) is 1.37.